The van der Waals surface area contributed by atoms with Gasteiger partial charge in [-0.2, -0.15) is 0 Å². The van der Waals surface area contributed by atoms with Crippen LogP contribution in [0.2, 0.25) is 0 Å². The van der Waals surface area contributed by atoms with Crippen molar-refractivity contribution in [2.45, 2.75) is 11.3 Å². The van der Waals surface area contributed by atoms with E-state index in [9.17, 15) is 8.42 Å². The molecule has 0 bridgehead atoms. The minimum atomic E-state index is -3.60. The highest BCUT2D eigenvalue weighted by molar-refractivity contribution is 14.1. The molecule has 0 aliphatic carbocycles. The van der Waals surface area contributed by atoms with Crippen LogP contribution in [0.15, 0.2) is 53.4 Å². The minimum Gasteiger partial charge on any atom is -0.393 e. The van der Waals surface area contributed by atoms with Crippen molar-refractivity contribution in [3.63, 3.8) is 0 Å². The van der Waals surface area contributed by atoms with E-state index >= 15 is 0 Å². The van der Waals surface area contributed by atoms with E-state index in [1.165, 1.54) is 0 Å². The van der Waals surface area contributed by atoms with Crippen molar-refractivity contribution in [2.75, 3.05) is 4.72 Å². The van der Waals surface area contributed by atoms with E-state index in [-0.39, 0.29) is 4.90 Å². The van der Waals surface area contributed by atoms with Crippen LogP contribution in [0.3, 0.4) is 0 Å². The Morgan fingerprint density at radius 2 is 1.76 bits per heavy atom. The number of rotatable bonds is 5. The van der Waals surface area contributed by atoms with Gasteiger partial charge in [-0.25, -0.2) is 8.42 Å². The Hall–Kier alpha value is -1.19. The van der Waals surface area contributed by atoms with Crippen LogP contribution in [0.25, 0.3) is 0 Å². The summed E-state index contributed by atoms with van der Waals surface area (Å²) in [6.45, 7) is 0. The first-order chi connectivity index (χ1) is 9.88. The highest BCUT2D eigenvalue weighted by atomic mass is 127. The van der Waals surface area contributed by atoms with Crippen molar-refractivity contribution in [1.29, 1.82) is 0 Å². The third kappa shape index (κ3) is 4.39. The van der Waals surface area contributed by atoms with Crippen LogP contribution >= 0.6 is 34.8 Å². The topological polar surface area (TPSA) is 72.2 Å². The van der Waals surface area contributed by atoms with Crippen LogP contribution < -0.4 is 10.5 Å². The Labute approximate surface area is 142 Å². The molecule has 0 saturated carbocycles. The molecule has 0 heterocycles. The van der Waals surface area contributed by atoms with Crippen LogP contribution in [0.4, 0.5) is 5.69 Å². The minimum absolute atomic E-state index is 0.203. The summed E-state index contributed by atoms with van der Waals surface area (Å²) >= 11 is 6.91. The van der Waals surface area contributed by atoms with Gasteiger partial charge in [-0.1, -0.05) is 36.5 Å². The van der Waals surface area contributed by atoms with Gasteiger partial charge < -0.3 is 5.73 Å². The highest BCUT2D eigenvalue weighted by Gasteiger charge is 2.15. The lowest BCUT2D eigenvalue weighted by Gasteiger charge is -2.10. The summed E-state index contributed by atoms with van der Waals surface area (Å²) in [7, 11) is -3.60. The molecule has 0 unspecified atom stereocenters. The van der Waals surface area contributed by atoms with Crippen molar-refractivity contribution in [2.24, 2.45) is 5.73 Å². The molecule has 4 nitrogen and oxygen atoms in total. The molecule has 0 amide bonds. The van der Waals surface area contributed by atoms with Crippen LogP contribution in [-0.4, -0.2) is 13.4 Å². The summed E-state index contributed by atoms with van der Waals surface area (Å²) in [5.74, 6) is 0. The Morgan fingerprint density at radius 3 is 2.33 bits per heavy atom. The second-order valence-corrected chi connectivity index (χ2v) is 7.74. The molecule has 21 heavy (non-hydrogen) atoms. The van der Waals surface area contributed by atoms with Crippen molar-refractivity contribution >= 4 is 55.5 Å². The lowest BCUT2D eigenvalue weighted by Crippen LogP contribution is -2.14. The lowest BCUT2D eigenvalue weighted by molar-refractivity contribution is 0.601. The first-order valence-electron chi connectivity index (χ1n) is 6.03. The zero-order valence-electron chi connectivity index (χ0n) is 10.9. The van der Waals surface area contributed by atoms with Gasteiger partial charge in [0.15, 0.2) is 0 Å². The van der Waals surface area contributed by atoms with Gasteiger partial charge in [0.2, 0.25) is 0 Å². The van der Waals surface area contributed by atoms with Crippen LogP contribution in [0, 0.1) is 3.57 Å². The average molecular weight is 432 g/mol. The standard InChI is InChI=1S/C14H13IN2O2S2/c15-12-3-1-2-4-13(12)17-21(18,19)11-7-5-10(6-8-11)9-14(16)20/h1-8,17H,9H2,(H2,16,20). The van der Waals surface area contributed by atoms with Crippen molar-refractivity contribution in [1.82, 2.24) is 0 Å². The first kappa shape index (κ1) is 16.2. The molecule has 0 fully saturated rings. The number of thiocarbonyl (C=S) groups is 1. The molecule has 0 aliphatic rings. The number of sulfonamides is 1. The van der Waals surface area contributed by atoms with Crippen molar-refractivity contribution in [3.05, 3.63) is 57.7 Å². The number of nitrogens with two attached hydrogens (primary N) is 1. The monoisotopic (exact) mass is 432 g/mol. The molecule has 0 spiro atoms. The maximum Gasteiger partial charge on any atom is 0.261 e. The van der Waals surface area contributed by atoms with Gasteiger partial charge in [-0.3, -0.25) is 4.72 Å². The third-order valence-corrected chi connectivity index (χ3v) is 5.20. The summed E-state index contributed by atoms with van der Waals surface area (Å²) in [6.07, 6.45) is 0.458. The molecule has 7 heteroatoms. The summed E-state index contributed by atoms with van der Waals surface area (Å²) in [6, 6.07) is 13.7. The van der Waals surface area contributed by atoms with Crippen LogP contribution in [-0.2, 0) is 16.4 Å². The van der Waals surface area contributed by atoms with Gasteiger partial charge in [-0.15, -0.1) is 0 Å². The van der Waals surface area contributed by atoms with E-state index in [0.717, 1.165) is 9.13 Å². The number of hydrogen-bond acceptors (Lipinski definition) is 3. The summed E-state index contributed by atoms with van der Waals surface area (Å²) < 4.78 is 28.1. The van der Waals surface area contributed by atoms with Gasteiger partial charge in [0.05, 0.1) is 15.6 Å². The van der Waals surface area contributed by atoms with Gasteiger partial charge >= 0.3 is 0 Å². The number of benzene rings is 2. The highest BCUT2D eigenvalue weighted by Crippen LogP contribution is 2.21. The first-order valence-corrected chi connectivity index (χ1v) is 9.00. The smallest absolute Gasteiger partial charge is 0.261 e. The van der Waals surface area contributed by atoms with Crippen molar-refractivity contribution < 1.29 is 8.42 Å². The second-order valence-electron chi connectivity index (χ2n) is 4.37. The fraction of sp³-hybridized carbons (Fsp3) is 0.0714. The third-order valence-electron chi connectivity index (χ3n) is 2.73. The van der Waals surface area contributed by atoms with E-state index in [4.69, 9.17) is 18.0 Å². The van der Waals surface area contributed by atoms with E-state index < -0.39 is 10.0 Å². The van der Waals surface area contributed by atoms with Crippen LogP contribution in [0.5, 0.6) is 0 Å². The van der Waals surface area contributed by atoms with E-state index in [1.807, 2.05) is 12.1 Å². The number of nitrogens with one attached hydrogen (secondary N) is 1. The Bertz CT molecular complexity index is 759. The second kappa shape index (κ2) is 6.71. The molecule has 0 radical (unpaired) electrons. The van der Waals surface area contributed by atoms with Gasteiger partial charge in [0, 0.05) is 9.99 Å². The summed E-state index contributed by atoms with van der Waals surface area (Å²) in [5.41, 5.74) is 6.91. The maximum atomic E-state index is 12.3. The Kier molecular flexibility index (Phi) is 5.17. The molecular weight excluding hydrogens is 419 g/mol. The predicted molar refractivity (Wildman–Crippen MR) is 96.9 cm³/mol. The SMILES string of the molecule is NC(=S)Cc1ccc(S(=O)(=O)Nc2ccccc2I)cc1. The largest absolute Gasteiger partial charge is 0.393 e. The average Bonchev–Trinajstić information content (AvgIpc) is 2.41. The predicted octanol–water partition coefficient (Wildman–Crippen LogP) is 2.92. The molecule has 110 valence electrons. The summed E-state index contributed by atoms with van der Waals surface area (Å²) in [4.78, 5) is 0.580. The van der Waals surface area contributed by atoms with E-state index in [2.05, 4.69) is 27.3 Å². The fourth-order valence-electron chi connectivity index (χ4n) is 1.74. The normalized spacial score (nSPS) is 11.1. The molecular formula is C14H13IN2O2S2. The zero-order valence-corrected chi connectivity index (χ0v) is 14.7. The van der Waals surface area contributed by atoms with Gasteiger partial charge in [-0.05, 0) is 52.4 Å². The number of halogens is 1. The van der Waals surface area contributed by atoms with E-state index in [1.54, 1.807) is 36.4 Å². The molecule has 0 saturated heterocycles. The van der Waals surface area contributed by atoms with Gasteiger partial charge in [0.25, 0.3) is 10.0 Å². The molecule has 2 rings (SSSR count). The molecule has 0 aromatic heterocycles. The lowest BCUT2D eigenvalue weighted by atomic mass is 10.1. The van der Waals surface area contributed by atoms with E-state index in [0.29, 0.717) is 17.1 Å². The molecule has 0 aliphatic heterocycles. The number of hydrogen-bond donors (Lipinski definition) is 2. The zero-order chi connectivity index (χ0) is 15.5. The molecule has 0 atom stereocenters. The quantitative estimate of drug-likeness (QED) is 0.563. The number of anilines is 1. The Balaban J connectivity index is 2.24. The Morgan fingerprint density at radius 1 is 1.14 bits per heavy atom. The van der Waals surface area contributed by atoms with Crippen molar-refractivity contribution in [3.8, 4) is 0 Å². The molecule has 2 aromatic carbocycles. The molecule has 3 N–H and O–H groups in total. The maximum absolute atomic E-state index is 12.3. The molecule has 2 aromatic rings. The fourth-order valence-corrected chi connectivity index (χ4v) is 3.69. The summed E-state index contributed by atoms with van der Waals surface area (Å²) in [5, 5.41) is 0. The van der Waals surface area contributed by atoms with Gasteiger partial charge in [0.1, 0.15) is 0 Å². The number of para-hydroxylation sites is 1. The van der Waals surface area contributed by atoms with Crippen LogP contribution in [0.1, 0.15) is 5.56 Å².